The van der Waals surface area contributed by atoms with Gasteiger partial charge in [-0.3, -0.25) is 0 Å². The van der Waals surface area contributed by atoms with Crippen LogP contribution in [0.25, 0.3) is 0 Å². The third-order valence-electron chi connectivity index (χ3n) is 2.99. The van der Waals surface area contributed by atoms with Gasteiger partial charge in [0, 0.05) is 0 Å². The second-order valence-electron chi connectivity index (χ2n) is 5.73. The Kier molecular flexibility index (Phi) is 22.3. The topological polar surface area (TPSA) is 294 Å². The minimum absolute atomic E-state index is 0.266. The average molecular weight is 486 g/mol. The summed E-state index contributed by atoms with van der Waals surface area (Å²) in [5.74, 6) is -4.20. The molecular weight excluding hydrogens is 456 g/mol. The van der Waals surface area contributed by atoms with Crippen molar-refractivity contribution in [3.63, 3.8) is 0 Å². The molecule has 0 aliphatic carbocycles. The number of carboxylic acid groups (broad SMARTS) is 3. The molecule has 0 unspecified atom stereocenters. The third kappa shape index (κ3) is 18.5. The van der Waals surface area contributed by atoms with E-state index in [1.54, 1.807) is 0 Å². The van der Waals surface area contributed by atoms with Crippen molar-refractivity contribution in [3.05, 3.63) is 34.9 Å². The highest BCUT2D eigenvalue weighted by Crippen LogP contribution is 2.12. The van der Waals surface area contributed by atoms with E-state index < -0.39 is 47.3 Å². The molecular formula is C18H30O15. The van der Waals surface area contributed by atoms with Gasteiger partial charge in [0.25, 0.3) is 0 Å². The molecule has 1 rings (SSSR count). The summed E-state index contributed by atoms with van der Waals surface area (Å²) in [5, 5.41) is 97.9. The molecule has 0 heterocycles. The second kappa shape index (κ2) is 21.1. The third-order valence-corrected chi connectivity index (χ3v) is 2.99. The van der Waals surface area contributed by atoms with Gasteiger partial charge in [-0.25, -0.2) is 14.4 Å². The van der Waals surface area contributed by atoms with Crippen LogP contribution in [-0.2, 0) is 0 Å². The van der Waals surface area contributed by atoms with E-state index in [0.29, 0.717) is 0 Å². The molecule has 0 aliphatic rings. The Morgan fingerprint density at radius 1 is 0.545 bits per heavy atom. The molecule has 0 radical (unpaired) electrons. The van der Waals surface area contributed by atoms with E-state index >= 15 is 0 Å². The van der Waals surface area contributed by atoms with Gasteiger partial charge in [-0.15, -0.1) is 0 Å². The minimum Gasteiger partial charge on any atom is -0.478 e. The monoisotopic (exact) mass is 486 g/mol. The molecule has 1 aromatic carbocycles. The lowest BCUT2D eigenvalue weighted by Gasteiger charge is -2.02. The quantitative estimate of drug-likeness (QED) is 0.157. The van der Waals surface area contributed by atoms with Gasteiger partial charge < -0.3 is 61.3 Å². The second-order valence-corrected chi connectivity index (χ2v) is 5.73. The fourth-order valence-corrected chi connectivity index (χ4v) is 1.21. The number of carboxylic acids is 3. The molecule has 0 atom stereocenters. The number of aromatic carboxylic acids is 3. The van der Waals surface area contributed by atoms with Crippen LogP contribution < -0.4 is 0 Å². The van der Waals surface area contributed by atoms with Crippen molar-refractivity contribution in [2.75, 3.05) is 39.6 Å². The van der Waals surface area contributed by atoms with Crippen molar-refractivity contribution in [2.45, 2.75) is 18.3 Å². The molecule has 192 valence electrons. The van der Waals surface area contributed by atoms with Gasteiger partial charge in [0.1, 0.15) is 18.3 Å². The van der Waals surface area contributed by atoms with Crippen molar-refractivity contribution in [1.82, 2.24) is 0 Å². The van der Waals surface area contributed by atoms with Crippen LogP contribution in [0.15, 0.2) is 18.2 Å². The zero-order chi connectivity index (χ0) is 26.6. The number of aliphatic hydroxyl groups excluding tert-OH is 9. The van der Waals surface area contributed by atoms with E-state index in [0.717, 1.165) is 18.2 Å². The average Bonchev–Trinajstić information content (AvgIpc) is 2.82. The first-order valence-electron chi connectivity index (χ1n) is 8.89. The maximum absolute atomic E-state index is 10.6. The van der Waals surface area contributed by atoms with Gasteiger partial charge in [-0.2, -0.15) is 0 Å². The van der Waals surface area contributed by atoms with Gasteiger partial charge in [0.05, 0.1) is 56.3 Å². The molecule has 0 spiro atoms. The molecule has 1 aromatic rings. The zero-order valence-corrected chi connectivity index (χ0v) is 17.3. The van der Waals surface area contributed by atoms with Crippen LogP contribution >= 0.6 is 0 Å². The lowest BCUT2D eigenvalue weighted by molar-refractivity contribution is 0.0450. The van der Waals surface area contributed by atoms with Crippen LogP contribution in [0.1, 0.15) is 31.1 Å². The first kappa shape index (κ1) is 34.9. The summed E-state index contributed by atoms with van der Waals surface area (Å²) in [6.45, 7) is -2.19. The fraction of sp³-hybridized carbons (Fsp3) is 0.500. The molecule has 0 aliphatic heterocycles. The summed E-state index contributed by atoms with van der Waals surface area (Å²) in [6, 6.07) is 2.81. The molecule has 15 heteroatoms. The Morgan fingerprint density at radius 3 is 1.03 bits per heavy atom. The molecule has 33 heavy (non-hydrogen) atoms. The molecule has 0 aromatic heterocycles. The van der Waals surface area contributed by atoms with Crippen LogP contribution in [0.4, 0.5) is 0 Å². The SMILES string of the molecule is O=C(O)c1ccc(C(=O)O)c(C(=O)O)c1.OCC(O)CO.OCC(O)CO.OCC(O)CO. The maximum atomic E-state index is 10.6. The largest absolute Gasteiger partial charge is 0.478 e. The highest BCUT2D eigenvalue weighted by atomic mass is 16.4. The van der Waals surface area contributed by atoms with Gasteiger partial charge in [-0.05, 0) is 18.2 Å². The van der Waals surface area contributed by atoms with E-state index in [9.17, 15) is 14.4 Å². The van der Waals surface area contributed by atoms with Crippen LogP contribution in [0.2, 0.25) is 0 Å². The Hall–Kier alpha value is -2.73. The maximum Gasteiger partial charge on any atom is 0.336 e. The summed E-state index contributed by atoms with van der Waals surface area (Å²) < 4.78 is 0. The molecule has 0 amide bonds. The summed E-state index contributed by atoms with van der Waals surface area (Å²) in [5.41, 5.74) is -1.24. The molecule has 0 saturated heterocycles. The summed E-state index contributed by atoms with van der Waals surface area (Å²) >= 11 is 0. The zero-order valence-electron chi connectivity index (χ0n) is 17.3. The van der Waals surface area contributed by atoms with Crippen LogP contribution in [0.5, 0.6) is 0 Å². The van der Waals surface area contributed by atoms with E-state index in [4.69, 9.17) is 61.3 Å². The lowest BCUT2D eigenvalue weighted by Crippen LogP contribution is -2.15. The normalized spacial score (nSPS) is 9.82. The predicted molar refractivity (Wildman–Crippen MR) is 108 cm³/mol. The Bertz CT molecular complexity index is 643. The highest BCUT2D eigenvalue weighted by molar-refractivity contribution is 6.03. The summed E-state index contributed by atoms with van der Waals surface area (Å²) in [6.07, 6.45) is -2.86. The molecule has 0 saturated carbocycles. The number of aliphatic hydroxyl groups is 9. The van der Waals surface area contributed by atoms with Crippen LogP contribution in [0.3, 0.4) is 0 Å². The molecule has 15 nitrogen and oxygen atoms in total. The molecule has 0 fully saturated rings. The van der Waals surface area contributed by atoms with E-state index in [1.807, 2.05) is 0 Å². The van der Waals surface area contributed by atoms with Gasteiger partial charge in [0.15, 0.2) is 0 Å². The van der Waals surface area contributed by atoms with E-state index in [1.165, 1.54) is 0 Å². The van der Waals surface area contributed by atoms with Crippen LogP contribution in [-0.4, -0.2) is 137 Å². The van der Waals surface area contributed by atoms with Crippen molar-refractivity contribution < 1.29 is 75.7 Å². The van der Waals surface area contributed by atoms with Gasteiger partial charge in [-0.1, -0.05) is 0 Å². The molecule has 0 bridgehead atoms. The molecule has 12 N–H and O–H groups in total. The van der Waals surface area contributed by atoms with Gasteiger partial charge >= 0.3 is 17.9 Å². The van der Waals surface area contributed by atoms with Crippen molar-refractivity contribution in [2.24, 2.45) is 0 Å². The van der Waals surface area contributed by atoms with E-state index in [-0.39, 0.29) is 45.2 Å². The standard InChI is InChI=1S/C9H6O6.3C3H8O3/c10-7(11)4-1-2-5(8(12)13)6(3-4)9(14)15;3*4-1-3(6)2-5/h1-3H,(H,10,11)(H,12,13)(H,14,15);3*3-6H,1-2H2. The first-order chi connectivity index (χ1) is 15.4. The number of rotatable bonds is 9. The lowest BCUT2D eigenvalue weighted by atomic mass is 10.0. The first-order valence-corrected chi connectivity index (χ1v) is 8.89. The number of hydrogen-bond acceptors (Lipinski definition) is 12. The summed E-state index contributed by atoms with van der Waals surface area (Å²) in [7, 11) is 0. The minimum atomic E-state index is -1.48. The smallest absolute Gasteiger partial charge is 0.336 e. The number of hydrogen-bond donors (Lipinski definition) is 12. The van der Waals surface area contributed by atoms with Crippen molar-refractivity contribution in [1.29, 1.82) is 0 Å². The summed E-state index contributed by atoms with van der Waals surface area (Å²) in [4.78, 5) is 31.8. The highest BCUT2D eigenvalue weighted by Gasteiger charge is 2.17. The Balaban J connectivity index is -0.000000417. The van der Waals surface area contributed by atoms with Gasteiger partial charge in [0.2, 0.25) is 0 Å². The van der Waals surface area contributed by atoms with Crippen LogP contribution in [0, 0.1) is 0 Å². The van der Waals surface area contributed by atoms with Crippen molar-refractivity contribution >= 4 is 17.9 Å². The van der Waals surface area contributed by atoms with Crippen molar-refractivity contribution in [3.8, 4) is 0 Å². The predicted octanol–water partition coefficient (Wildman–Crippen LogP) is -4.22. The number of carbonyl (C=O) groups is 3. The Labute approximate surface area is 187 Å². The Morgan fingerprint density at radius 2 is 0.848 bits per heavy atom. The van der Waals surface area contributed by atoms with E-state index in [2.05, 4.69) is 0 Å². The fourth-order valence-electron chi connectivity index (χ4n) is 1.21. The number of benzene rings is 1.